The standard InChI is InChI=1S/C18H20ClN3O2/c1-24-16-7-6-13(10-15(16)19)22-17(20)21-11-18(23)9-8-12-4-2-3-5-14(12)18/h2-7,10,23H,8-9,11H2,1H3,(H3,20,21,22). The van der Waals surface area contributed by atoms with E-state index >= 15 is 0 Å². The minimum atomic E-state index is -0.958. The van der Waals surface area contributed by atoms with E-state index in [1.54, 1.807) is 25.3 Å². The zero-order valence-electron chi connectivity index (χ0n) is 13.4. The molecule has 0 saturated carbocycles. The minimum absolute atomic E-state index is 0.215. The zero-order chi connectivity index (χ0) is 17.2. The van der Waals surface area contributed by atoms with E-state index in [-0.39, 0.29) is 12.5 Å². The number of nitrogens with one attached hydrogen (secondary N) is 1. The average Bonchev–Trinajstić information content (AvgIpc) is 2.92. The van der Waals surface area contributed by atoms with E-state index < -0.39 is 5.60 Å². The molecule has 0 bridgehead atoms. The van der Waals surface area contributed by atoms with Gasteiger partial charge in [0, 0.05) is 5.69 Å². The van der Waals surface area contributed by atoms with Crippen LogP contribution >= 0.6 is 11.6 Å². The number of aliphatic hydroxyl groups is 1. The van der Waals surface area contributed by atoms with E-state index in [4.69, 9.17) is 22.1 Å². The van der Waals surface area contributed by atoms with Gasteiger partial charge in [-0.2, -0.15) is 0 Å². The first-order chi connectivity index (χ1) is 11.5. The van der Waals surface area contributed by atoms with Gasteiger partial charge in [-0.25, -0.2) is 4.99 Å². The van der Waals surface area contributed by atoms with E-state index in [9.17, 15) is 5.11 Å². The third-order valence-corrected chi connectivity index (χ3v) is 4.56. The Morgan fingerprint density at radius 1 is 1.38 bits per heavy atom. The number of guanidine groups is 1. The van der Waals surface area contributed by atoms with Crippen molar-refractivity contribution in [2.45, 2.75) is 18.4 Å². The summed E-state index contributed by atoms with van der Waals surface area (Å²) in [5.41, 5.74) is 7.80. The molecule has 1 aliphatic carbocycles. The van der Waals surface area contributed by atoms with Gasteiger partial charge in [0.25, 0.3) is 0 Å². The maximum absolute atomic E-state index is 10.8. The SMILES string of the molecule is COc1ccc(NC(N)=NCC2(O)CCc3ccccc32)cc1Cl. The second-order valence-corrected chi connectivity index (χ2v) is 6.27. The number of anilines is 1. The number of hydrogen-bond acceptors (Lipinski definition) is 3. The molecule has 0 aliphatic heterocycles. The van der Waals surface area contributed by atoms with Crippen molar-refractivity contribution in [2.24, 2.45) is 10.7 Å². The Morgan fingerprint density at radius 2 is 2.17 bits per heavy atom. The third-order valence-electron chi connectivity index (χ3n) is 4.26. The van der Waals surface area contributed by atoms with Gasteiger partial charge >= 0.3 is 0 Å². The Bertz CT molecular complexity index is 779. The maximum Gasteiger partial charge on any atom is 0.193 e. The average molecular weight is 346 g/mol. The summed E-state index contributed by atoms with van der Waals surface area (Å²) in [6.07, 6.45) is 1.50. The highest BCUT2D eigenvalue weighted by Gasteiger charge is 2.36. The number of halogens is 1. The largest absolute Gasteiger partial charge is 0.495 e. The van der Waals surface area contributed by atoms with Crippen LogP contribution in [0.3, 0.4) is 0 Å². The molecule has 1 aliphatic rings. The van der Waals surface area contributed by atoms with Crippen molar-refractivity contribution in [3.05, 3.63) is 58.6 Å². The number of rotatable bonds is 4. The molecule has 126 valence electrons. The van der Waals surface area contributed by atoms with Crippen molar-refractivity contribution in [2.75, 3.05) is 19.0 Å². The molecule has 0 amide bonds. The number of benzene rings is 2. The number of aryl methyl sites for hydroxylation is 1. The molecule has 2 aromatic carbocycles. The number of hydrogen-bond donors (Lipinski definition) is 3. The molecule has 24 heavy (non-hydrogen) atoms. The Kier molecular flexibility index (Phi) is 4.64. The van der Waals surface area contributed by atoms with Crippen molar-refractivity contribution >= 4 is 23.2 Å². The van der Waals surface area contributed by atoms with Crippen molar-refractivity contribution < 1.29 is 9.84 Å². The number of fused-ring (bicyclic) bond motifs is 1. The van der Waals surface area contributed by atoms with Gasteiger partial charge in [-0.1, -0.05) is 35.9 Å². The van der Waals surface area contributed by atoms with Gasteiger partial charge in [0.05, 0.1) is 18.7 Å². The minimum Gasteiger partial charge on any atom is -0.495 e. The van der Waals surface area contributed by atoms with Gasteiger partial charge < -0.3 is 20.9 Å². The molecule has 0 fully saturated rings. The second-order valence-electron chi connectivity index (χ2n) is 5.86. The predicted molar refractivity (Wildman–Crippen MR) is 96.8 cm³/mol. The second kappa shape index (κ2) is 6.71. The summed E-state index contributed by atoms with van der Waals surface area (Å²) < 4.78 is 5.11. The van der Waals surface area contributed by atoms with Gasteiger partial charge in [-0.05, 0) is 42.2 Å². The predicted octanol–water partition coefficient (Wildman–Crippen LogP) is 2.91. The van der Waals surface area contributed by atoms with Crippen LogP contribution in [0.15, 0.2) is 47.5 Å². The van der Waals surface area contributed by atoms with Crippen LogP contribution in [0.25, 0.3) is 0 Å². The van der Waals surface area contributed by atoms with Crippen LogP contribution in [0.5, 0.6) is 5.75 Å². The molecule has 0 heterocycles. The van der Waals surface area contributed by atoms with E-state index in [0.29, 0.717) is 22.9 Å². The van der Waals surface area contributed by atoms with E-state index in [1.165, 1.54) is 5.56 Å². The highest BCUT2D eigenvalue weighted by Crippen LogP contribution is 2.36. The number of ether oxygens (including phenoxy) is 1. The number of nitrogens with zero attached hydrogens (tertiary/aromatic N) is 1. The van der Waals surface area contributed by atoms with Gasteiger partial charge in [0.2, 0.25) is 0 Å². The van der Waals surface area contributed by atoms with Crippen LogP contribution in [0.4, 0.5) is 5.69 Å². The molecular weight excluding hydrogens is 326 g/mol. The van der Waals surface area contributed by atoms with E-state index in [0.717, 1.165) is 12.0 Å². The summed E-state index contributed by atoms with van der Waals surface area (Å²) in [6.45, 7) is 0.215. The van der Waals surface area contributed by atoms with Crippen LogP contribution in [0.1, 0.15) is 17.5 Å². The van der Waals surface area contributed by atoms with Crippen molar-refractivity contribution in [3.8, 4) is 5.75 Å². The highest BCUT2D eigenvalue weighted by molar-refractivity contribution is 6.32. The van der Waals surface area contributed by atoms with Gasteiger partial charge in [0.15, 0.2) is 5.96 Å². The van der Waals surface area contributed by atoms with Gasteiger partial charge in [0.1, 0.15) is 11.4 Å². The molecular formula is C18H20ClN3O2. The Morgan fingerprint density at radius 3 is 2.92 bits per heavy atom. The van der Waals surface area contributed by atoms with E-state index in [1.807, 2.05) is 24.3 Å². The molecule has 5 nitrogen and oxygen atoms in total. The van der Waals surface area contributed by atoms with Crippen LogP contribution in [-0.2, 0) is 12.0 Å². The van der Waals surface area contributed by atoms with Crippen LogP contribution in [-0.4, -0.2) is 24.7 Å². The van der Waals surface area contributed by atoms with Crippen molar-refractivity contribution in [1.29, 1.82) is 0 Å². The number of nitrogens with two attached hydrogens (primary N) is 1. The molecule has 6 heteroatoms. The smallest absolute Gasteiger partial charge is 0.193 e. The lowest BCUT2D eigenvalue weighted by Gasteiger charge is -2.22. The van der Waals surface area contributed by atoms with Crippen LogP contribution in [0.2, 0.25) is 5.02 Å². The summed E-state index contributed by atoms with van der Waals surface area (Å²) in [4.78, 5) is 4.30. The van der Waals surface area contributed by atoms with E-state index in [2.05, 4.69) is 10.3 Å². The summed E-state index contributed by atoms with van der Waals surface area (Å²) >= 11 is 6.09. The summed E-state index contributed by atoms with van der Waals surface area (Å²) in [6, 6.07) is 13.2. The monoisotopic (exact) mass is 345 g/mol. The third kappa shape index (κ3) is 3.32. The molecule has 3 rings (SSSR count). The molecule has 0 radical (unpaired) electrons. The Balaban J connectivity index is 1.70. The molecule has 1 atom stereocenters. The van der Waals surface area contributed by atoms with Gasteiger partial charge in [-0.3, -0.25) is 0 Å². The molecule has 1 unspecified atom stereocenters. The first kappa shape index (κ1) is 16.6. The van der Waals surface area contributed by atoms with Crippen molar-refractivity contribution in [3.63, 3.8) is 0 Å². The molecule has 2 aromatic rings. The zero-order valence-corrected chi connectivity index (χ0v) is 14.2. The van der Waals surface area contributed by atoms with Crippen molar-refractivity contribution in [1.82, 2.24) is 0 Å². The van der Waals surface area contributed by atoms with Crippen LogP contribution in [0, 0.1) is 0 Å². The fourth-order valence-electron chi connectivity index (χ4n) is 2.98. The normalized spacial score (nSPS) is 19.9. The quantitative estimate of drug-likeness (QED) is 0.588. The van der Waals surface area contributed by atoms with Gasteiger partial charge in [-0.15, -0.1) is 0 Å². The Labute approximate surface area is 146 Å². The lowest BCUT2D eigenvalue weighted by Crippen LogP contribution is -2.30. The number of aliphatic imine (C=N–C) groups is 1. The molecule has 0 aromatic heterocycles. The molecule has 0 saturated heterocycles. The summed E-state index contributed by atoms with van der Waals surface area (Å²) in [5.74, 6) is 0.823. The first-order valence-corrected chi connectivity index (χ1v) is 8.11. The lowest BCUT2D eigenvalue weighted by molar-refractivity contribution is 0.0487. The Hall–Kier alpha value is -2.24. The fraction of sp³-hybridized carbons (Fsp3) is 0.278. The number of methoxy groups -OCH3 is 1. The van der Waals surface area contributed by atoms with Crippen LogP contribution < -0.4 is 15.8 Å². The fourth-order valence-corrected chi connectivity index (χ4v) is 3.24. The molecule has 0 spiro atoms. The maximum atomic E-state index is 10.8. The highest BCUT2D eigenvalue weighted by atomic mass is 35.5. The summed E-state index contributed by atoms with van der Waals surface area (Å²) in [7, 11) is 1.56. The topological polar surface area (TPSA) is 79.9 Å². The lowest BCUT2D eigenvalue weighted by atomic mass is 9.96. The summed E-state index contributed by atoms with van der Waals surface area (Å²) in [5, 5.41) is 14.3. The molecule has 4 N–H and O–H groups in total. The first-order valence-electron chi connectivity index (χ1n) is 7.73.